The standard InChI is InChI=1S/C8H11N3O4/c1-11-6(2-3-9-11)7(13)10-5(4-12)8(14)15/h2-3,5,12H,4H2,1H3,(H,10,13)(H,14,15). The number of carbonyl (C=O) groups is 2. The lowest BCUT2D eigenvalue weighted by Gasteiger charge is -2.11. The normalized spacial score (nSPS) is 12.1. The van der Waals surface area contributed by atoms with Gasteiger partial charge in [-0.05, 0) is 6.07 Å². The van der Waals surface area contributed by atoms with Gasteiger partial charge in [-0.3, -0.25) is 9.48 Å². The first-order valence-electron chi connectivity index (χ1n) is 4.18. The van der Waals surface area contributed by atoms with E-state index in [1.807, 2.05) is 0 Å². The SMILES string of the molecule is Cn1nccc1C(=O)NC(CO)C(=O)O. The molecule has 0 radical (unpaired) electrons. The molecule has 0 aliphatic carbocycles. The van der Waals surface area contributed by atoms with Crippen molar-refractivity contribution in [1.29, 1.82) is 0 Å². The Labute approximate surface area is 85.3 Å². The van der Waals surface area contributed by atoms with E-state index in [1.54, 1.807) is 7.05 Å². The number of hydrogen-bond donors (Lipinski definition) is 3. The minimum absolute atomic E-state index is 0.231. The molecule has 1 atom stereocenters. The highest BCUT2D eigenvalue weighted by Crippen LogP contribution is 1.96. The van der Waals surface area contributed by atoms with Crippen LogP contribution < -0.4 is 5.32 Å². The van der Waals surface area contributed by atoms with Gasteiger partial charge in [0.05, 0.1) is 6.61 Å². The molecule has 1 aromatic heterocycles. The average Bonchev–Trinajstić information content (AvgIpc) is 2.60. The highest BCUT2D eigenvalue weighted by Gasteiger charge is 2.20. The van der Waals surface area contributed by atoms with Crippen LogP contribution in [0.25, 0.3) is 0 Å². The molecule has 1 aromatic rings. The minimum Gasteiger partial charge on any atom is -0.480 e. The monoisotopic (exact) mass is 213 g/mol. The molecule has 3 N–H and O–H groups in total. The summed E-state index contributed by atoms with van der Waals surface area (Å²) in [5.74, 6) is -1.87. The maximum Gasteiger partial charge on any atom is 0.328 e. The topological polar surface area (TPSA) is 104 Å². The Morgan fingerprint density at radius 1 is 1.67 bits per heavy atom. The van der Waals surface area contributed by atoms with Crippen LogP contribution in [0.4, 0.5) is 0 Å². The Morgan fingerprint density at radius 3 is 2.73 bits per heavy atom. The van der Waals surface area contributed by atoms with E-state index < -0.39 is 24.5 Å². The molecule has 1 unspecified atom stereocenters. The van der Waals surface area contributed by atoms with E-state index in [4.69, 9.17) is 10.2 Å². The summed E-state index contributed by atoms with van der Waals surface area (Å²) in [4.78, 5) is 22.0. The van der Waals surface area contributed by atoms with Gasteiger partial charge in [0.25, 0.3) is 5.91 Å². The molecule has 0 spiro atoms. The Hall–Kier alpha value is -1.89. The second-order valence-electron chi connectivity index (χ2n) is 2.89. The number of aryl methyl sites for hydroxylation is 1. The summed E-state index contributed by atoms with van der Waals surface area (Å²) >= 11 is 0. The number of carboxylic acids is 1. The van der Waals surface area contributed by atoms with E-state index in [2.05, 4.69) is 10.4 Å². The van der Waals surface area contributed by atoms with Crippen molar-refractivity contribution in [3.63, 3.8) is 0 Å². The van der Waals surface area contributed by atoms with Crippen molar-refractivity contribution >= 4 is 11.9 Å². The van der Waals surface area contributed by atoms with Crippen LogP contribution in [0.15, 0.2) is 12.3 Å². The van der Waals surface area contributed by atoms with Crippen LogP contribution >= 0.6 is 0 Å². The lowest BCUT2D eigenvalue weighted by Crippen LogP contribution is -2.43. The van der Waals surface area contributed by atoms with Crippen LogP contribution in [-0.2, 0) is 11.8 Å². The third-order valence-corrected chi connectivity index (χ3v) is 1.84. The van der Waals surface area contributed by atoms with Crippen molar-refractivity contribution in [3.05, 3.63) is 18.0 Å². The van der Waals surface area contributed by atoms with Gasteiger partial charge in [-0.25, -0.2) is 4.79 Å². The van der Waals surface area contributed by atoms with Gasteiger partial charge in [-0.15, -0.1) is 0 Å². The number of carboxylic acid groups (broad SMARTS) is 1. The molecular formula is C8H11N3O4. The van der Waals surface area contributed by atoms with Gasteiger partial charge in [0, 0.05) is 13.2 Å². The number of carbonyl (C=O) groups excluding carboxylic acids is 1. The second kappa shape index (κ2) is 4.56. The van der Waals surface area contributed by atoms with E-state index >= 15 is 0 Å². The number of aliphatic hydroxyl groups excluding tert-OH is 1. The summed E-state index contributed by atoms with van der Waals surface area (Å²) in [5.41, 5.74) is 0.231. The van der Waals surface area contributed by atoms with Crippen molar-refractivity contribution in [1.82, 2.24) is 15.1 Å². The van der Waals surface area contributed by atoms with Gasteiger partial charge < -0.3 is 15.5 Å². The fourth-order valence-corrected chi connectivity index (χ4v) is 1.01. The molecule has 0 saturated carbocycles. The lowest BCUT2D eigenvalue weighted by atomic mass is 10.3. The third-order valence-electron chi connectivity index (χ3n) is 1.84. The molecular weight excluding hydrogens is 202 g/mol. The van der Waals surface area contributed by atoms with Gasteiger partial charge in [-0.2, -0.15) is 5.10 Å². The van der Waals surface area contributed by atoms with Crippen molar-refractivity contribution in [3.8, 4) is 0 Å². The van der Waals surface area contributed by atoms with Crippen molar-refractivity contribution in [2.45, 2.75) is 6.04 Å². The predicted molar refractivity (Wildman–Crippen MR) is 49.2 cm³/mol. The molecule has 7 nitrogen and oxygen atoms in total. The zero-order valence-corrected chi connectivity index (χ0v) is 8.04. The molecule has 0 aromatic carbocycles. The zero-order valence-electron chi connectivity index (χ0n) is 8.04. The van der Waals surface area contributed by atoms with Crippen molar-refractivity contribution in [2.24, 2.45) is 7.05 Å². The molecule has 1 amide bonds. The minimum atomic E-state index is -1.30. The summed E-state index contributed by atoms with van der Waals surface area (Å²) < 4.78 is 1.31. The number of aromatic nitrogens is 2. The maximum atomic E-state index is 11.5. The molecule has 0 aliphatic heterocycles. The van der Waals surface area contributed by atoms with Gasteiger partial charge in [0.15, 0.2) is 6.04 Å². The first kappa shape index (κ1) is 11.2. The Kier molecular flexibility index (Phi) is 3.40. The quantitative estimate of drug-likeness (QED) is 0.570. The first-order valence-corrected chi connectivity index (χ1v) is 4.18. The fraction of sp³-hybridized carbons (Fsp3) is 0.375. The van der Waals surface area contributed by atoms with E-state index in [9.17, 15) is 9.59 Å². The number of nitrogens with zero attached hydrogens (tertiary/aromatic N) is 2. The number of hydrogen-bond acceptors (Lipinski definition) is 4. The molecule has 0 saturated heterocycles. The van der Waals surface area contributed by atoms with E-state index in [0.29, 0.717) is 0 Å². The highest BCUT2D eigenvalue weighted by atomic mass is 16.4. The van der Waals surface area contributed by atoms with Crippen molar-refractivity contribution in [2.75, 3.05) is 6.61 Å². The van der Waals surface area contributed by atoms with Crippen LogP contribution in [-0.4, -0.2) is 44.5 Å². The Morgan fingerprint density at radius 2 is 2.33 bits per heavy atom. The van der Waals surface area contributed by atoms with E-state index in [0.717, 1.165) is 0 Å². The number of amides is 1. The summed E-state index contributed by atoms with van der Waals surface area (Å²) in [6.45, 7) is -0.654. The molecule has 0 fully saturated rings. The number of nitrogens with one attached hydrogen (secondary N) is 1. The molecule has 1 heterocycles. The third kappa shape index (κ3) is 2.53. The van der Waals surface area contributed by atoms with Gasteiger partial charge >= 0.3 is 5.97 Å². The lowest BCUT2D eigenvalue weighted by molar-refractivity contribution is -0.140. The molecule has 7 heteroatoms. The fourth-order valence-electron chi connectivity index (χ4n) is 1.01. The molecule has 15 heavy (non-hydrogen) atoms. The van der Waals surface area contributed by atoms with Gasteiger partial charge in [0.1, 0.15) is 5.69 Å². The number of rotatable bonds is 4. The van der Waals surface area contributed by atoms with Crippen LogP contribution in [0.1, 0.15) is 10.5 Å². The van der Waals surface area contributed by atoms with Crippen LogP contribution in [0.5, 0.6) is 0 Å². The van der Waals surface area contributed by atoms with Gasteiger partial charge in [-0.1, -0.05) is 0 Å². The Bertz CT molecular complexity index is 374. The zero-order chi connectivity index (χ0) is 11.4. The summed E-state index contributed by atoms with van der Waals surface area (Å²) in [6, 6.07) is 0.151. The molecule has 0 aliphatic rings. The highest BCUT2D eigenvalue weighted by molar-refractivity contribution is 5.95. The largest absolute Gasteiger partial charge is 0.480 e. The summed E-state index contributed by atoms with van der Waals surface area (Å²) in [5, 5.41) is 23.2. The average molecular weight is 213 g/mol. The predicted octanol–water partition coefficient (Wildman–Crippen LogP) is -1.40. The van der Waals surface area contributed by atoms with Crippen LogP contribution in [0.2, 0.25) is 0 Å². The first-order chi connectivity index (χ1) is 7.06. The van der Waals surface area contributed by atoms with E-state index in [1.165, 1.54) is 16.9 Å². The maximum absolute atomic E-state index is 11.5. The van der Waals surface area contributed by atoms with Crippen LogP contribution in [0.3, 0.4) is 0 Å². The summed E-state index contributed by atoms with van der Waals surface area (Å²) in [6.07, 6.45) is 1.42. The number of aliphatic hydroxyl groups is 1. The molecule has 82 valence electrons. The second-order valence-corrected chi connectivity index (χ2v) is 2.89. The van der Waals surface area contributed by atoms with E-state index in [-0.39, 0.29) is 5.69 Å². The molecule has 1 rings (SSSR count). The molecule has 0 bridgehead atoms. The smallest absolute Gasteiger partial charge is 0.328 e. The van der Waals surface area contributed by atoms with Crippen LogP contribution in [0, 0.1) is 0 Å². The van der Waals surface area contributed by atoms with Gasteiger partial charge in [0.2, 0.25) is 0 Å². The summed E-state index contributed by atoms with van der Waals surface area (Å²) in [7, 11) is 1.56. The van der Waals surface area contributed by atoms with Crippen molar-refractivity contribution < 1.29 is 19.8 Å². The Balaban J connectivity index is 2.71. The number of aliphatic carboxylic acids is 1.